The van der Waals surface area contributed by atoms with Crippen LogP contribution in [0.1, 0.15) is 42.5 Å². The van der Waals surface area contributed by atoms with Gasteiger partial charge in [0, 0.05) is 37.0 Å². The smallest absolute Gasteiger partial charge is 0.269 e. The molecule has 0 aliphatic carbocycles. The van der Waals surface area contributed by atoms with Crippen molar-refractivity contribution in [1.82, 2.24) is 29.8 Å². The highest BCUT2D eigenvalue weighted by molar-refractivity contribution is 5.92. The molecule has 0 spiro atoms. The molecule has 1 aliphatic heterocycles. The molecule has 0 radical (unpaired) electrons. The van der Waals surface area contributed by atoms with E-state index in [1.54, 1.807) is 41.2 Å². The van der Waals surface area contributed by atoms with Gasteiger partial charge in [0.1, 0.15) is 17.8 Å². The third kappa shape index (κ3) is 3.91. The summed E-state index contributed by atoms with van der Waals surface area (Å²) in [5.41, 5.74) is 0.901. The molecule has 1 aliphatic rings. The third-order valence-corrected chi connectivity index (χ3v) is 5.29. The van der Waals surface area contributed by atoms with Crippen LogP contribution in [-0.4, -0.2) is 37.0 Å². The number of nitrogens with zero attached hydrogens (tertiary/aromatic N) is 5. The number of aromatic nitrogens is 5. The highest BCUT2D eigenvalue weighted by atomic mass is 16.2. The van der Waals surface area contributed by atoms with Crippen LogP contribution in [0.4, 0.5) is 0 Å². The summed E-state index contributed by atoms with van der Waals surface area (Å²) < 4.78 is 1.73. The molecule has 4 heterocycles. The van der Waals surface area contributed by atoms with Crippen LogP contribution in [0.2, 0.25) is 0 Å². The zero-order chi connectivity index (χ0) is 20.3. The van der Waals surface area contributed by atoms with E-state index in [1.807, 2.05) is 6.92 Å². The van der Waals surface area contributed by atoms with Crippen molar-refractivity contribution >= 4 is 5.91 Å². The van der Waals surface area contributed by atoms with Crippen LogP contribution >= 0.6 is 0 Å². The summed E-state index contributed by atoms with van der Waals surface area (Å²) in [7, 11) is 0. The van der Waals surface area contributed by atoms with E-state index in [4.69, 9.17) is 4.98 Å². The average Bonchev–Trinajstić information content (AvgIpc) is 2.93. The highest BCUT2D eigenvalue weighted by Crippen LogP contribution is 2.31. The molecule has 3 aromatic heterocycles. The molecule has 1 amide bonds. The van der Waals surface area contributed by atoms with E-state index in [0.717, 1.165) is 19.3 Å². The number of hydrogen-bond acceptors (Lipinski definition) is 6. The Morgan fingerprint density at radius 1 is 1.17 bits per heavy atom. The normalized spacial score (nSPS) is 18.5. The maximum atomic E-state index is 12.8. The molecule has 1 unspecified atom stereocenters. The molecule has 29 heavy (non-hydrogen) atoms. The minimum Gasteiger partial charge on any atom is -0.350 e. The van der Waals surface area contributed by atoms with Crippen molar-refractivity contribution in [3.63, 3.8) is 0 Å². The van der Waals surface area contributed by atoms with Crippen molar-refractivity contribution in [1.29, 1.82) is 0 Å². The van der Waals surface area contributed by atoms with E-state index in [-0.39, 0.29) is 11.5 Å². The van der Waals surface area contributed by atoms with E-state index in [1.165, 1.54) is 12.4 Å². The lowest BCUT2D eigenvalue weighted by Crippen LogP contribution is -2.42. The van der Waals surface area contributed by atoms with Crippen molar-refractivity contribution in [2.45, 2.75) is 38.1 Å². The lowest BCUT2D eigenvalue weighted by atomic mass is 9.84. The Hall–Kier alpha value is -3.42. The SMILES string of the molecule is CC1(CNC(=O)c2ccccn2)CCCCn2c1nc(-c1ccncn1)cc2=O. The van der Waals surface area contributed by atoms with Crippen LogP contribution in [-0.2, 0) is 12.0 Å². The van der Waals surface area contributed by atoms with Crippen LogP contribution in [0.5, 0.6) is 0 Å². The Kier molecular flexibility index (Phi) is 5.16. The second-order valence-electron chi connectivity index (χ2n) is 7.46. The van der Waals surface area contributed by atoms with Crippen molar-refractivity contribution in [2.75, 3.05) is 6.54 Å². The minimum absolute atomic E-state index is 0.104. The van der Waals surface area contributed by atoms with Gasteiger partial charge in [0.05, 0.1) is 11.4 Å². The summed E-state index contributed by atoms with van der Waals surface area (Å²) in [5.74, 6) is 0.439. The predicted molar refractivity (Wildman–Crippen MR) is 107 cm³/mol. The summed E-state index contributed by atoms with van der Waals surface area (Å²) in [5, 5.41) is 2.97. The van der Waals surface area contributed by atoms with E-state index in [0.29, 0.717) is 36.0 Å². The number of rotatable bonds is 4. The van der Waals surface area contributed by atoms with Gasteiger partial charge in [-0.15, -0.1) is 0 Å². The van der Waals surface area contributed by atoms with E-state index >= 15 is 0 Å². The largest absolute Gasteiger partial charge is 0.350 e. The molecule has 0 fully saturated rings. The van der Waals surface area contributed by atoms with Gasteiger partial charge in [-0.25, -0.2) is 15.0 Å². The first-order chi connectivity index (χ1) is 14.1. The molecule has 0 aromatic carbocycles. The number of amides is 1. The van der Waals surface area contributed by atoms with E-state index in [9.17, 15) is 9.59 Å². The molecule has 4 rings (SSSR count). The first-order valence-corrected chi connectivity index (χ1v) is 9.65. The van der Waals surface area contributed by atoms with Crippen LogP contribution in [0, 0.1) is 0 Å². The van der Waals surface area contributed by atoms with Crippen LogP contribution in [0.15, 0.2) is 53.8 Å². The summed E-state index contributed by atoms with van der Waals surface area (Å²) >= 11 is 0. The first kappa shape index (κ1) is 18.9. The van der Waals surface area contributed by atoms with Gasteiger partial charge in [-0.3, -0.25) is 19.1 Å². The number of hydrogen-bond donors (Lipinski definition) is 1. The Labute approximate surface area is 168 Å². The van der Waals surface area contributed by atoms with Crippen LogP contribution in [0.25, 0.3) is 11.4 Å². The van der Waals surface area contributed by atoms with Gasteiger partial charge in [-0.1, -0.05) is 19.4 Å². The minimum atomic E-state index is -0.483. The second kappa shape index (κ2) is 7.90. The van der Waals surface area contributed by atoms with Crippen molar-refractivity contribution < 1.29 is 4.79 Å². The standard InChI is InChI=1S/C21H22N6O2/c1-21(13-24-19(29)16-6-2-4-9-23-16)8-3-5-11-27-18(28)12-17(26-20(21)27)15-7-10-22-14-25-15/h2,4,6-7,9-10,12,14H,3,5,8,11,13H2,1H3,(H,24,29). The summed E-state index contributed by atoms with van der Waals surface area (Å²) in [6.07, 6.45) is 7.31. The summed E-state index contributed by atoms with van der Waals surface area (Å²) in [4.78, 5) is 42.4. The first-order valence-electron chi connectivity index (χ1n) is 9.65. The molecular weight excluding hydrogens is 368 g/mol. The fraction of sp³-hybridized carbons (Fsp3) is 0.333. The molecule has 1 atom stereocenters. The summed E-state index contributed by atoms with van der Waals surface area (Å²) in [6, 6.07) is 8.47. The predicted octanol–water partition coefficient (Wildman–Crippen LogP) is 1.97. The van der Waals surface area contributed by atoms with Gasteiger partial charge in [0.2, 0.25) is 0 Å². The molecule has 0 bridgehead atoms. The molecule has 0 saturated heterocycles. The number of carbonyl (C=O) groups excluding carboxylic acids is 1. The lowest BCUT2D eigenvalue weighted by Gasteiger charge is -2.29. The molecular formula is C21H22N6O2. The third-order valence-electron chi connectivity index (χ3n) is 5.29. The van der Waals surface area contributed by atoms with Gasteiger partial charge in [0.15, 0.2) is 0 Å². The van der Waals surface area contributed by atoms with E-state index in [2.05, 4.69) is 20.3 Å². The van der Waals surface area contributed by atoms with Crippen molar-refractivity contribution in [3.05, 3.63) is 70.9 Å². The molecule has 0 saturated carbocycles. The number of pyridine rings is 1. The lowest BCUT2D eigenvalue weighted by molar-refractivity contribution is 0.0937. The van der Waals surface area contributed by atoms with Gasteiger partial charge in [0.25, 0.3) is 11.5 Å². The van der Waals surface area contributed by atoms with E-state index < -0.39 is 5.41 Å². The maximum absolute atomic E-state index is 12.8. The summed E-state index contributed by atoms with van der Waals surface area (Å²) in [6.45, 7) is 3.02. The fourth-order valence-electron chi connectivity index (χ4n) is 3.68. The molecule has 8 nitrogen and oxygen atoms in total. The van der Waals surface area contributed by atoms with Crippen molar-refractivity contribution in [3.8, 4) is 11.4 Å². The Morgan fingerprint density at radius 3 is 2.83 bits per heavy atom. The molecule has 3 aromatic rings. The number of nitrogens with one attached hydrogen (secondary N) is 1. The quantitative estimate of drug-likeness (QED) is 0.731. The maximum Gasteiger partial charge on any atom is 0.269 e. The average molecular weight is 390 g/mol. The zero-order valence-corrected chi connectivity index (χ0v) is 16.2. The zero-order valence-electron chi connectivity index (χ0n) is 16.2. The molecule has 148 valence electrons. The monoisotopic (exact) mass is 390 g/mol. The van der Waals surface area contributed by atoms with Crippen molar-refractivity contribution in [2.24, 2.45) is 0 Å². The van der Waals surface area contributed by atoms with Gasteiger partial charge in [-0.05, 0) is 31.0 Å². The van der Waals surface area contributed by atoms with Crippen LogP contribution < -0.4 is 10.9 Å². The Bertz CT molecular complexity index is 1070. The van der Waals surface area contributed by atoms with Crippen LogP contribution in [0.3, 0.4) is 0 Å². The van der Waals surface area contributed by atoms with Gasteiger partial charge < -0.3 is 5.32 Å². The van der Waals surface area contributed by atoms with Gasteiger partial charge >= 0.3 is 0 Å². The second-order valence-corrected chi connectivity index (χ2v) is 7.46. The number of fused-ring (bicyclic) bond motifs is 1. The molecule has 8 heteroatoms. The topological polar surface area (TPSA) is 103 Å². The Balaban J connectivity index is 1.69. The molecule has 1 N–H and O–H groups in total. The fourth-order valence-corrected chi connectivity index (χ4v) is 3.68. The Morgan fingerprint density at radius 2 is 2.07 bits per heavy atom. The number of carbonyl (C=O) groups is 1. The highest BCUT2D eigenvalue weighted by Gasteiger charge is 2.34. The van der Waals surface area contributed by atoms with Gasteiger partial charge in [-0.2, -0.15) is 0 Å².